The Kier molecular flexibility index (Phi) is 3.15. The maximum absolute atomic E-state index is 12.5. The zero-order valence-corrected chi connectivity index (χ0v) is 8.99. The number of rotatable bonds is 2. The third-order valence-corrected chi connectivity index (χ3v) is 3.11. The van der Waals surface area contributed by atoms with Gasteiger partial charge in [0.15, 0.2) is 4.90 Å². The van der Waals surface area contributed by atoms with E-state index in [1.807, 2.05) is 4.98 Å². The average molecular weight is 258 g/mol. The number of hydrogen-bond donors (Lipinski definition) is 1. The third-order valence-electron chi connectivity index (χ3n) is 1.76. The van der Waals surface area contributed by atoms with E-state index in [-0.39, 0.29) is 5.56 Å². The van der Waals surface area contributed by atoms with Crippen molar-refractivity contribution in [1.29, 1.82) is 0 Å². The second kappa shape index (κ2) is 3.90. The molecule has 0 unspecified atom stereocenters. The highest BCUT2D eigenvalue weighted by atomic mass is 35.7. The first-order valence-electron chi connectivity index (χ1n) is 3.70. The van der Waals surface area contributed by atoms with Gasteiger partial charge in [-0.1, -0.05) is 0 Å². The second-order valence-corrected chi connectivity index (χ2v) is 5.28. The summed E-state index contributed by atoms with van der Waals surface area (Å²) >= 11 is 0. The minimum atomic E-state index is -4.48. The van der Waals surface area contributed by atoms with Gasteiger partial charge in [-0.3, -0.25) is 4.79 Å². The monoisotopic (exact) mass is 257 g/mol. The van der Waals surface area contributed by atoms with E-state index in [9.17, 15) is 22.0 Å². The van der Waals surface area contributed by atoms with Crippen LogP contribution in [0.25, 0.3) is 0 Å². The largest absolute Gasteiger partial charge is 0.328 e. The molecule has 0 atom stereocenters. The lowest BCUT2D eigenvalue weighted by atomic mass is 10.2. The molecule has 1 heterocycles. The Bertz CT molecular complexity index is 538. The molecule has 1 aromatic heterocycles. The van der Waals surface area contributed by atoms with Crippen molar-refractivity contribution in [3.05, 3.63) is 27.7 Å². The number of H-pyrrole nitrogens is 1. The van der Waals surface area contributed by atoms with Crippen LogP contribution in [0.15, 0.2) is 15.9 Å². The van der Waals surface area contributed by atoms with Crippen LogP contribution in [0.5, 0.6) is 0 Å². The molecule has 8 heteroatoms. The van der Waals surface area contributed by atoms with Crippen LogP contribution in [-0.2, 0) is 9.05 Å². The normalized spacial score (nSPS) is 12.1. The SMILES string of the molecule is Cc1c[nH]c(=O)c(S(=O)(=O)Cl)c1C(F)F. The number of aryl methyl sites for hydroxylation is 1. The van der Waals surface area contributed by atoms with Crippen molar-refractivity contribution in [2.45, 2.75) is 18.2 Å². The molecule has 0 fully saturated rings. The van der Waals surface area contributed by atoms with Crippen LogP contribution in [0.2, 0.25) is 0 Å². The molecule has 15 heavy (non-hydrogen) atoms. The summed E-state index contributed by atoms with van der Waals surface area (Å²) in [6.45, 7) is 1.25. The van der Waals surface area contributed by atoms with Gasteiger partial charge in [-0.2, -0.15) is 0 Å². The van der Waals surface area contributed by atoms with Crippen molar-refractivity contribution < 1.29 is 17.2 Å². The molecule has 0 aliphatic heterocycles. The summed E-state index contributed by atoms with van der Waals surface area (Å²) in [5, 5.41) is 0. The van der Waals surface area contributed by atoms with E-state index >= 15 is 0 Å². The van der Waals surface area contributed by atoms with Crippen LogP contribution < -0.4 is 5.56 Å². The predicted octanol–water partition coefficient (Wildman–Crippen LogP) is 1.55. The zero-order valence-electron chi connectivity index (χ0n) is 7.42. The first-order chi connectivity index (χ1) is 6.75. The van der Waals surface area contributed by atoms with Crippen LogP contribution in [0.3, 0.4) is 0 Å². The van der Waals surface area contributed by atoms with E-state index < -0.39 is 31.5 Å². The second-order valence-electron chi connectivity index (χ2n) is 2.78. The third kappa shape index (κ3) is 2.35. The molecule has 1 rings (SSSR count). The van der Waals surface area contributed by atoms with Gasteiger partial charge in [-0.15, -0.1) is 0 Å². The molecule has 1 N–H and O–H groups in total. The summed E-state index contributed by atoms with van der Waals surface area (Å²) in [6, 6.07) is 0. The fourth-order valence-corrected chi connectivity index (χ4v) is 2.38. The molecule has 84 valence electrons. The summed E-state index contributed by atoms with van der Waals surface area (Å²) in [5.74, 6) is 0. The van der Waals surface area contributed by atoms with Crippen LogP contribution >= 0.6 is 10.7 Å². The molecule has 0 spiro atoms. The van der Waals surface area contributed by atoms with Crippen LogP contribution in [0.4, 0.5) is 8.78 Å². The van der Waals surface area contributed by atoms with Crippen LogP contribution in [-0.4, -0.2) is 13.4 Å². The highest BCUT2D eigenvalue weighted by molar-refractivity contribution is 8.13. The number of aromatic amines is 1. The Morgan fingerprint density at radius 3 is 2.33 bits per heavy atom. The van der Waals surface area contributed by atoms with E-state index in [1.165, 1.54) is 6.92 Å². The van der Waals surface area contributed by atoms with Gasteiger partial charge in [-0.05, 0) is 12.5 Å². The fourth-order valence-electron chi connectivity index (χ4n) is 1.13. The molecule has 0 radical (unpaired) electrons. The van der Waals surface area contributed by atoms with Gasteiger partial charge in [0.25, 0.3) is 21.0 Å². The van der Waals surface area contributed by atoms with Gasteiger partial charge in [-0.25, -0.2) is 17.2 Å². The minimum absolute atomic E-state index is 0.0381. The maximum atomic E-state index is 12.5. The summed E-state index contributed by atoms with van der Waals surface area (Å²) in [4.78, 5) is 12.0. The quantitative estimate of drug-likeness (QED) is 0.818. The van der Waals surface area contributed by atoms with Gasteiger partial charge >= 0.3 is 0 Å². The number of pyridine rings is 1. The zero-order chi connectivity index (χ0) is 11.8. The van der Waals surface area contributed by atoms with Crippen LogP contribution in [0.1, 0.15) is 17.6 Å². The maximum Gasteiger partial charge on any atom is 0.268 e. The van der Waals surface area contributed by atoms with Gasteiger partial charge < -0.3 is 4.98 Å². The fraction of sp³-hybridized carbons (Fsp3) is 0.286. The number of nitrogens with one attached hydrogen (secondary N) is 1. The minimum Gasteiger partial charge on any atom is -0.328 e. The Labute approximate surface area is 88.3 Å². The van der Waals surface area contributed by atoms with E-state index in [4.69, 9.17) is 10.7 Å². The molecule has 4 nitrogen and oxygen atoms in total. The van der Waals surface area contributed by atoms with Crippen molar-refractivity contribution in [3.63, 3.8) is 0 Å². The molecule has 0 bridgehead atoms. The predicted molar refractivity (Wildman–Crippen MR) is 49.8 cm³/mol. The number of halogens is 3. The molecule has 0 aliphatic rings. The summed E-state index contributed by atoms with van der Waals surface area (Å²) in [7, 11) is 0.421. The Balaban J connectivity index is 3.77. The Morgan fingerprint density at radius 2 is 2.00 bits per heavy atom. The van der Waals surface area contributed by atoms with E-state index in [2.05, 4.69) is 0 Å². The van der Waals surface area contributed by atoms with Gasteiger partial charge in [0, 0.05) is 22.4 Å². The molecule has 0 amide bonds. The molecular formula is C7H6ClF2NO3S. The molecule has 1 aromatic rings. The molecule has 0 aliphatic carbocycles. The topological polar surface area (TPSA) is 67.0 Å². The van der Waals surface area contributed by atoms with Crippen molar-refractivity contribution in [2.24, 2.45) is 0 Å². The lowest BCUT2D eigenvalue weighted by molar-refractivity contribution is 0.146. The lowest BCUT2D eigenvalue weighted by Gasteiger charge is -2.07. The van der Waals surface area contributed by atoms with Crippen molar-refractivity contribution in [3.8, 4) is 0 Å². The van der Waals surface area contributed by atoms with E-state index in [1.54, 1.807) is 0 Å². The highest BCUT2D eigenvalue weighted by Gasteiger charge is 2.27. The molecule has 0 aromatic carbocycles. The first-order valence-corrected chi connectivity index (χ1v) is 6.01. The average Bonchev–Trinajstić information content (AvgIpc) is 2.05. The van der Waals surface area contributed by atoms with Crippen molar-refractivity contribution >= 4 is 19.7 Å². The smallest absolute Gasteiger partial charge is 0.268 e. The van der Waals surface area contributed by atoms with E-state index in [0.717, 1.165) is 6.20 Å². The van der Waals surface area contributed by atoms with Crippen molar-refractivity contribution in [2.75, 3.05) is 0 Å². The number of alkyl halides is 2. The number of aromatic nitrogens is 1. The Morgan fingerprint density at radius 1 is 1.47 bits per heavy atom. The summed E-state index contributed by atoms with van der Waals surface area (Å²) in [6.07, 6.45) is -2.06. The van der Waals surface area contributed by atoms with Crippen molar-refractivity contribution in [1.82, 2.24) is 4.98 Å². The molecule has 0 saturated heterocycles. The summed E-state index contributed by atoms with van der Waals surface area (Å²) in [5.41, 5.74) is -2.04. The molecule has 0 saturated carbocycles. The Hall–Kier alpha value is -0.950. The lowest BCUT2D eigenvalue weighted by Crippen LogP contribution is -2.18. The van der Waals surface area contributed by atoms with E-state index in [0.29, 0.717) is 0 Å². The molecular weight excluding hydrogens is 252 g/mol. The summed E-state index contributed by atoms with van der Waals surface area (Å²) < 4.78 is 46.9. The van der Waals surface area contributed by atoms with Gasteiger partial charge in [0.05, 0.1) is 0 Å². The van der Waals surface area contributed by atoms with Crippen LogP contribution in [0, 0.1) is 6.92 Å². The van der Waals surface area contributed by atoms with Gasteiger partial charge in [0.1, 0.15) is 0 Å². The highest BCUT2D eigenvalue weighted by Crippen LogP contribution is 2.28. The number of hydrogen-bond acceptors (Lipinski definition) is 3. The standard InChI is InChI=1S/C7H6ClF2NO3S/c1-3-2-11-7(12)5(15(8,13)14)4(3)6(9)10/h2,6H,1H3,(H,11,12). The van der Waals surface area contributed by atoms with Gasteiger partial charge in [0.2, 0.25) is 0 Å². The first kappa shape index (κ1) is 12.1.